The van der Waals surface area contributed by atoms with E-state index in [-0.39, 0.29) is 17.4 Å². The van der Waals surface area contributed by atoms with Crippen LogP contribution in [-0.4, -0.2) is 30.4 Å². The van der Waals surface area contributed by atoms with Crippen LogP contribution in [0, 0.1) is 0 Å². The number of hydrogen-bond acceptors (Lipinski definition) is 2. The number of halogens is 1. The van der Waals surface area contributed by atoms with E-state index in [2.05, 4.69) is 40.2 Å². The first-order valence-corrected chi connectivity index (χ1v) is 7.98. The van der Waals surface area contributed by atoms with Crippen molar-refractivity contribution in [2.75, 3.05) is 13.6 Å². The lowest BCUT2D eigenvalue weighted by Gasteiger charge is -2.25. The second-order valence-corrected chi connectivity index (χ2v) is 6.97. The van der Waals surface area contributed by atoms with E-state index in [1.807, 2.05) is 18.9 Å². The van der Waals surface area contributed by atoms with Crippen LogP contribution in [0.1, 0.15) is 38.2 Å². The number of hydrogen-bond donors (Lipinski definition) is 1. The smallest absolute Gasteiger partial charge is 0.222 e. The van der Waals surface area contributed by atoms with E-state index in [9.17, 15) is 4.79 Å². The summed E-state index contributed by atoms with van der Waals surface area (Å²) in [5.41, 5.74) is 7.23. The summed E-state index contributed by atoms with van der Waals surface area (Å²) in [6.45, 7) is 2.75. The van der Waals surface area contributed by atoms with Gasteiger partial charge >= 0.3 is 0 Å². The SMILES string of the molecule is CC(N)CCC(=O)N(C)CC1(c2ccc(Br)cc2)CC1. The van der Waals surface area contributed by atoms with Crippen LogP contribution >= 0.6 is 15.9 Å². The number of nitrogens with two attached hydrogens (primary N) is 1. The summed E-state index contributed by atoms with van der Waals surface area (Å²) in [6, 6.07) is 8.57. The molecule has 0 radical (unpaired) electrons. The molecule has 4 heteroatoms. The van der Waals surface area contributed by atoms with Crippen molar-refractivity contribution in [2.24, 2.45) is 5.73 Å². The van der Waals surface area contributed by atoms with Crippen LogP contribution < -0.4 is 5.73 Å². The van der Waals surface area contributed by atoms with Crippen LogP contribution in [0.5, 0.6) is 0 Å². The van der Waals surface area contributed by atoms with Gasteiger partial charge in [0, 0.05) is 35.9 Å². The standard InChI is InChI=1S/C16H23BrN2O/c1-12(18)3-8-15(20)19(2)11-16(9-10-16)13-4-6-14(17)7-5-13/h4-7,12H,3,8-11,18H2,1-2H3. The van der Waals surface area contributed by atoms with Crippen LogP contribution in [0.4, 0.5) is 0 Å². The van der Waals surface area contributed by atoms with Gasteiger partial charge in [0.25, 0.3) is 0 Å². The zero-order chi connectivity index (χ0) is 14.8. The van der Waals surface area contributed by atoms with E-state index in [4.69, 9.17) is 5.73 Å². The van der Waals surface area contributed by atoms with Gasteiger partial charge in [-0.05, 0) is 43.9 Å². The molecule has 1 aromatic rings. The maximum atomic E-state index is 12.1. The molecule has 20 heavy (non-hydrogen) atoms. The van der Waals surface area contributed by atoms with Crippen LogP contribution in [0.3, 0.4) is 0 Å². The van der Waals surface area contributed by atoms with Crippen molar-refractivity contribution in [2.45, 2.75) is 44.1 Å². The van der Waals surface area contributed by atoms with Crippen LogP contribution in [0.2, 0.25) is 0 Å². The Morgan fingerprint density at radius 3 is 2.50 bits per heavy atom. The van der Waals surface area contributed by atoms with Crippen LogP contribution in [0.15, 0.2) is 28.7 Å². The fourth-order valence-corrected chi connectivity index (χ4v) is 2.84. The minimum atomic E-state index is 0.0914. The highest BCUT2D eigenvalue weighted by molar-refractivity contribution is 9.10. The summed E-state index contributed by atoms with van der Waals surface area (Å²) >= 11 is 3.46. The molecule has 0 aliphatic heterocycles. The maximum Gasteiger partial charge on any atom is 0.222 e. The molecule has 0 heterocycles. The molecule has 3 nitrogen and oxygen atoms in total. The molecule has 1 atom stereocenters. The molecular weight excluding hydrogens is 316 g/mol. The first-order chi connectivity index (χ1) is 9.43. The van der Waals surface area contributed by atoms with Gasteiger partial charge in [-0.25, -0.2) is 0 Å². The minimum Gasteiger partial charge on any atom is -0.345 e. The zero-order valence-corrected chi connectivity index (χ0v) is 13.8. The molecule has 1 fully saturated rings. The van der Waals surface area contributed by atoms with E-state index < -0.39 is 0 Å². The van der Waals surface area contributed by atoms with Crippen molar-refractivity contribution < 1.29 is 4.79 Å². The lowest BCUT2D eigenvalue weighted by Crippen LogP contribution is -2.35. The van der Waals surface area contributed by atoms with Crippen molar-refractivity contribution in [3.63, 3.8) is 0 Å². The van der Waals surface area contributed by atoms with E-state index >= 15 is 0 Å². The second-order valence-electron chi connectivity index (χ2n) is 6.05. The van der Waals surface area contributed by atoms with Crippen molar-refractivity contribution in [1.82, 2.24) is 4.90 Å². The molecule has 1 unspecified atom stereocenters. The van der Waals surface area contributed by atoms with Gasteiger partial charge in [0.2, 0.25) is 5.91 Å². The summed E-state index contributed by atoms with van der Waals surface area (Å²) in [5.74, 6) is 0.200. The summed E-state index contributed by atoms with van der Waals surface area (Å²) in [6.07, 6.45) is 3.64. The Morgan fingerprint density at radius 1 is 1.40 bits per heavy atom. The fourth-order valence-electron chi connectivity index (χ4n) is 2.58. The predicted octanol–water partition coefficient (Wildman–Crippen LogP) is 3.07. The summed E-state index contributed by atoms with van der Waals surface area (Å²) < 4.78 is 1.10. The van der Waals surface area contributed by atoms with Gasteiger partial charge in [-0.3, -0.25) is 4.79 Å². The Balaban J connectivity index is 1.95. The summed E-state index contributed by atoms with van der Waals surface area (Å²) in [5, 5.41) is 0. The molecule has 0 saturated heterocycles. The van der Waals surface area contributed by atoms with Crippen molar-refractivity contribution in [3.8, 4) is 0 Å². The molecule has 2 rings (SSSR count). The Bertz CT molecular complexity index is 466. The number of nitrogens with zero attached hydrogens (tertiary/aromatic N) is 1. The third kappa shape index (κ3) is 3.83. The van der Waals surface area contributed by atoms with E-state index in [1.165, 1.54) is 18.4 Å². The molecule has 0 aromatic heterocycles. The molecule has 1 aromatic carbocycles. The fraction of sp³-hybridized carbons (Fsp3) is 0.562. The normalized spacial score (nSPS) is 17.6. The molecule has 1 aliphatic carbocycles. The molecule has 0 bridgehead atoms. The quantitative estimate of drug-likeness (QED) is 0.866. The number of rotatable bonds is 6. The van der Waals surface area contributed by atoms with Gasteiger partial charge in [-0.1, -0.05) is 28.1 Å². The minimum absolute atomic E-state index is 0.0914. The highest BCUT2D eigenvalue weighted by Crippen LogP contribution is 2.48. The Labute approximate surface area is 129 Å². The molecular formula is C16H23BrN2O. The topological polar surface area (TPSA) is 46.3 Å². The first kappa shape index (κ1) is 15.5. The van der Waals surface area contributed by atoms with Crippen LogP contribution in [0.25, 0.3) is 0 Å². The van der Waals surface area contributed by atoms with E-state index in [0.29, 0.717) is 6.42 Å². The van der Waals surface area contributed by atoms with Crippen molar-refractivity contribution >= 4 is 21.8 Å². The highest BCUT2D eigenvalue weighted by atomic mass is 79.9. The molecule has 2 N–H and O–H groups in total. The average Bonchev–Trinajstić information content (AvgIpc) is 3.17. The van der Waals surface area contributed by atoms with E-state index in [1.54, 1.807) is 0 Å². The maximum absolute atomic E-state index is 12.1. The lowest BCUT2D eigenvalue weighted by molar-refractivity contribution is -0.130. The van der Waals surface area contributed by atoms with Gasteiger partial charge in [0.05, 0.1) is 0 Å². The Kier molecular flexibility index (Phi) is 4.86. The lowest BCUT2D eigenvalue weighted by atomic mass is 9.95. The van der Waals surface area contributed by atoms with Gasteiger partial charge in [0.15, 0.2) is 0 Å². The highest BCUT2D eigenvalue weighted by Gasteiger charge is 2.45. The monoisotopic (exact) mass is 338 g/mol. The number of carbonyl (C=O) groups excluding carboxylic acids is 1. The number of likely N-dealkylation sites (N-methyl/N-ethyl adjacent to an activating group) is 1. The van der Waals surface area contributed by atoms with Crippen molar-refractivity contribution in [3.05, 3.63) is 34.3 Å². The Hall–Kier alpha value is -0.870. The van der Waals surface area contributed by atoms with Crippen LogP contribution in [-0.2, 0) is 10.2 Å². The molecule has 110 valence electrons. The predicted molar refractivity (Wildman–Crippen MR) is 85.6 cm³/mol. The number of benzene rings is 1. The van der Waals surface area contributed by atoms with E-state index in [0.717, 1.165) is 17.4 Å². The largest absolute Gasteiger partial charge is 0.345 e. The summed E-state index contributed by atoms with van der Waals surface area (Å²) in [7, 11) is 1.91. The van der Waals surface area contributed by atoms with Gasteiger partial charge in [-0.15, -0.1) is 0 Å². The first-order valence-electron chi connectivity index (χ1n) is 7.18. The second kappa shape index (κ2) is 6.27. The number of amides is 1. The third-order valence-electron chi connectivity index (χ3n) is 4.09. The zero-order valence-electron chi connectivity index (χ0n) is 12.2. The molecule has 1 aliphatic rings. The Morgan fingerprint density at radius 2 is 2.00 bits per heavy atom. The van der Waals surface area contributed by atoms with Gasteiger partial charge in [0.1, 0.15) is 0 Å². The third-order valence-corrected chi connectivity index (χ3v) is 4.62. The molecule has 1 amide bonds. The molecule has 1 saturated carbocycles. The van der Waals surface area contributed by atoms with Gasteiger partial charge < -0.3 is 10.6 Å². The molecule has 0 spiro atoms. The van der Waals surface area contributed by atoms with Gasteiger partial charge in [-0.2, -0.15) is 0 Å². The average molecular weight is 339 g/mol. The van der Waals surface area contributed by atoms with Crippen molar-refractivity contribution in [1.29, 1.82) is 0 Å². The summed E-state index contributed by atoms with van der Waals surface area (Å²) in [4.78, 5) is 14.0. The number of carbonyl (C=O) groups is 1.